The molecule has 0 radical (unpaired) electrons. The van der Waals surface area contributed by atoms with Crippen molar-refractivity contribution in [3.05, 3.63) is 83.3 Å². The van der Waals surface area contributed by atoms with Crippen molar-refractivity contribution < 1.29 is 9.47 Å². The SMILES string of the molecule is CCCCN1C(c2cccc(Oc3ccc(C(C)(C)C)cc3)c2)=NC2=CC=C(OCCN3CCCCC3)CC21C. The zero-order valence-electron chi connectivity index (χ0n) is 25.2. The average Bonchev–Trinajstić information content (AvgIpc) is 3.23. The molecule has 2 aliphatic heterocycles. The molecule has 5 nitrogen and oxygen atoms in total. The molecule has 1 unspecified atom stereocenters. The van der Waals surface area contributed by atoms with Crippen LogP contribution in [0, 0.1) is 0 Å². The summed E-state index contributed by atoms with van der Waals surface area (Å²) >= 11 is 0. The van der Waals surface area contributed by atoms with Gasteiger partial charge in [-0.15, -0.1) is 0 Å². The minimum atomic E-state index is -0.209. The third-order valence-corrected chi connectivity index (χ3v) is 8.50. The first-order valence-electron chi connectivity index (χ1n) is 15.3. The summed E-state index contributed by atoms with van der Waals surface area (Å²) in [6, 6.07) is 16.8. The van der Waals surface area contributed by atoms with Crippen LogP contribution in [0.15, 0.2) is 77.1 Å². The summed E-state index contributed by atoms with van der Waals surface area (Å²) in [6.07, 6.45) is 11.4. The summed E-state index contributed by atoms with van der Waals surface area (Å²) in [4.78, 5) is 10.2. The number of piperidine rings is 1. The number of nitrogens with zero attached hydrogens (tertiary/aromatic N) is 3. The van der Waals surface area contributed by atoms with Gasteiger partial charge in [0.15, 0.2) is 0 Å². The number of unbranched alkanes of at least 4 members (excludes halogenated alkanes) is 1. The summed E-state index contributed by atoms with van der Waals surface area (Å²) < 4.78 is 12.6. The maximum atomic E-state index is 6.34. The fraction of sp³-hybridized carbons (Fsp3) is 0.514. The van der Waals surface area contributed by atoms with Gasteiger partial charge in [0.25, 0.3) is 0 Å². The molecule has 1 saturated heterocycles. The van der Waals surface area contributed by atoms with E-state index < -0.39 is 0 Å². The van der Waals surface area contributed by atoms with E-state index in [1.807, 2.05) is 6.07 Å². The van der Waals surface area contributed by atoms with Crippen molar-refractivity contribution in [1.82, 2.24) is 9.80 Å². The third-order valence-electron chi connectivity index (χ3n) is 8.50. The van der Waals surface area contributed by atoms with Gasteiger partial charge in [-0.2, -0.15) is 0 Å². The number of amidine groups is 1. The van der Waals surface area contributed by atoms with Crippen LogP contribution < -0.4 is 4.74 Å². The Balaban J connectivity index is 1.31. The zero-order chi connectivity index (χ0) is 28.2. The molecule has 0 spiro atoms. The summed E-state index contributed by atoms with van der Waals surface area (Å²) in [5.74, 6) is 3.77. The Morgan fingerprint density at radius 3 is 2.42 bits per heavy atom. The standard InChI is InChI=1S/C35H47N3O2/c1-6-7-22-38-33(27-12-11-13-30(25-27)40-29-16-14-28(15-17-29)34(2,3)4)36-32-19-18-31(26-35(32,38)5)39-24-23-37-20-9-8-10-21-37/h11-19,25H,6-10,20-24,26H2,1-5H3. The highest BCUT2D eigenvalue weighted by Crippen LogP contribution is 2.42. The van der Waals surface area contributed by atoms with Gasteiger partial charge < -0.3 is 14.4 Å². The van der Waals surface area contributed by atoms with Gasteiger partial charge in [-0.05, 0) is 86.7 Å². The Labute approximate surface area is 241 Å². The second-order valence-electron chi connectivity index (χ2n) is 12.7. The molecule has 214 valence electrons. The molecule has 2 aromatic carbocycles. The van der Waals surface area contributed by atoms with Crippen LogP contribution in [0.4, 0.5) is 0 Å². The van der Waals surface area contributed by atoms with E-state index in [0.29, 0.717) is 0 Å². The highest BCUT2D eigenvalue weighted by Gasteiger charge is 2.45. The van der Waals surface area contributed by atoms with E-state index >= 15 is 0 Å². The van der Waals surface area contributed by atoms with E-state index in [9.17, 15) is 0 Å². The first-order valence-corrected chi connectivity index (χ1v) is 15.3. The van der Waals surface area contributed by atoms with Crippen molar-refractivity contribution in [3.8, 4) is 11.5 Å². The number of ether oxygens (including phenoxy) is 2. The van der Waals surface area contributed by atoms with Crippen molar-refractivity contribution in [2.24, 2.45) is 4.99 Å². The van der Waals surface area contributed by atoms with Crippen LogP contribution in [0.3, 0.4) is 0 Å². The van der Waals surface area contributed by atoms with Crippen LogP contribution >= 0.6 is 0 Å². The average molecular weight is 542 g/mol. The molecule has 0 N–H and O–H groups in total. The van der Waals surface area contributed by atoms with E-state index in [2.05, 4.69) is 99.0 Å². The molecule has 0 bridgehead atoms. The second kappa shape index (κ2) is 12.2. The van der Waals surface area contributed by atoms with Crippen molar-refractivity contribution in [2.45, 2.75) is 84.1 Å². The van der Waals surface area contributed by atoms with Gasteiger partial charge >= 0.3 is 0 Å². The molecule has 5 rings (SSSR count). The number of rotatable bonds is 10. The molecule has 2 heterocycles. The Bertz CT molecular complexity index is 1250. The van der Waals surface area contributed by atoms with Crippen LogP contribution in [0.2, 0.25) is 0 Å². The molecule has 2 aromatic rings. The highest BCUT2D eigenvalue weighted by molar-refractivity contribution is 6.02. The molecular weight excluding hydrogens is 494 g/mol. The molecule has 1 aliphatic carbocycles. The smallest absolute Gasteiger partial charge is 0.137 e. The summed E-state index contributed by atoms with van der Waals surface area (Å²) in [7, 11) is 0. The fourth-order valence-electron chi connectivity index (χ4n) is 5.97. The van der Waals surface area contributed by atoms with Crippen LogP contribution in [-0.2, 0) is 10.2 Å². The molecule has 0 aromatic heterocycles. The van der Waals surface area contributed by atoms with Gasteiger partial charge in [-0.1, -0.05) is 64.8 Å². The molecule has 1 fully saturated rings. The molecular formula is C35H47N3O2. The van der Waals surface area contributed by atoms with Gasteiger partial charge in [0, 0.05) is 25.1 Å². The molecule has 5 heteroatoms. The summed E-state index contributed by atoms with van der Waals surface area (Å²) in [6.45, 7) is 16.4. The number of aliphatic imine (C=N–C) groups is 1. The molecule has 3 aliphatic rings. The van der Waals surface area contributed by atoms with Crippen molar-refractivity contribution in [1.29, 1.82) is 0 Å². The Kier molecular flexibility index (Phi) is 8.70. The van der Waals surface area contributed by atoms with Crippen molar-refractivity contribution >= 4 is 5.84 Å². The van der Waals surface area contributed by atoms with Crippen molar-refractivity contribution in [3.63, 3.8) is 0 Å². The Morgan fingerprint density at radius 1 is 0.925 bits per heavy atom. The number of hydrogen-bond acceptors (Lipinski definition) is 5. The fourth-order valence-corrected chi connectivity index (χ4v) is 5.97. The lowest BCUT2D eigenvalue weighted by molar-refractivity contribution is 0.121. The highest BCUT2D eigenvalue weighted by atomic mass is 16.5. The van der Waals surface area contributed by atoms with Crippen LogP contribution in [0.25, 0.3) is 0 Å². The molecule has 0 saturated carbocycles. The largest absolute Gasteiger partial charge is 0.496 e. The molecule has 40 heavy (non-hydrogen) atoms. The first-order chi connectivity index (χ1) is 19.3. The summed E-state index contributed by atoms with van der Waals surface area (Å²) in [5.41, 5.74) is 3.41. The lowest BCUT2D eigenvalue weighted by Gasteiger charge is -2.40. The maximum absolute atomic E-state index is 6.34. The predicted molar refractivity (Wildman–Crippen MR) is 165 cm³/mol. The summed E-state index contributed by atoms with van der Waals surface area (Å²) in [5, 5.41) is 0. The van der Waals surface area contributed by atoms with Crippen LogP contribution in [0.1, 0.15) is 84.3 Å². The number of hydrogen-bond donors (Lipinski definition) is 0. The van der Waals surface area contributed by atoms with E-state index in [4.69, 9.17) is 14.5 Å². The molecule has 1 atom stereocenters. The maximum Gasteiger partial charge on any atom is 0.137 e. The number of likely N-dealkylation sites (tertiary alicyclic amines) is 1. The minimum Gasteiger partial charge on any atom is -0.496 e. The lowest BCUT2D eigenvalue weighted by Crippen LogP contribution is -2.48. The van der Waals surface area contributed by atoms with Gasteiger partial charge in [0.1, 0.15) is 23.9 Å². The predicted octanol–water partition coefficient (Wildman–Crippen LogP) is 8.07. The van der Waals surface area contributed by atoms with Gasteiger partial charge in [0.05, 0.1) is 17.0 Å². The first kappa shape index (κ1) is 28.5. The second-order valence-corrected chi connectivity index (χ2v) is 12.7. The van der Waals surface area contributed by atoms with E-state index in [0.717, 1.165) is 73.3 Å². The van der Waals surface area contributed by atoms with Gasteiger partial charge in [0.2, 0.25) is 0 Å². The lowest BCUT2D eigenvalue weighted by atomic mass is 9.87. The third kappa shape index (κ3) is 6.46. The Morgan fingerprint density at radius 2 is 1.70 bits per heavy atom. The van der Waals surface area contributed by atoms with Crippen LogP contribution in [0.5, 0.6) is 11.5 Å². The van der Waals surface area contributed by atoms with Gasteiger partial charge in [-0.3, -0.25) is 4.90 Å². The Hall–Kier alpha value is -3.05. The van der Waals surface area contributed by atoms with Gasteiger partial charge in [-0.25, -0.2) is 4.99 Å². The monoisotopic (exact) mass is 541 g/mol. The van der Waals surface area contributed by atoms with Crippen LogP contribution in [-0.4, -0.2) is 54.0 Å². The number of benzene rings is 2. The topological polar surface area (TPSA) is 37.3 Å². The zero-order valence-corrected chi connectivity index (χ0v) is 25.2. The van der Waals surface area contributed by atoms with Crippen molar-refractivity contribution in [2.75, 3.05) is 32.8 Å². The molecule has 0 amide bonds. The minimum absolute atomic E-state index is 0.121. The number of allylic oxidation sites excluding steroid dienone is 2. The quantitative estimate of drug-likeness (QED) is 0.305. The van der Waals surface area contributed by atoms with E-state index in [1.165, 1.54) is 37.9 Å². The normalized spacial score (nSPS) is 21.4. The van der Waals surface area contributed by atoms with E-state index in [1.54, 1.807) is 0 Å². The van der Waals surface area contributed by atoms with E-state index in [-0.39, 0.29) is 11.0 Å². The number of fused-ring (bicyclic) bond motifs is 1.